The molecule has 0 saturated carbocycles. The smallest absolute Gasteiger partial charge is 0.243 e. The number of para-hydroxylation sites is 1. The van der Waals surface area contributed by atoms with Crippen molar-refractivity contribution < 1.29 is 18.7 Å². The van der Waals surface area contributed by atoms with Crippen LogP contribution in [0.2, 0.25) is 0 Å². The Morgan fingerprint density at radius 2 is 2.04 bits per heavy atom. The van der Waals surface area contributed by atoms with Gasteiger partial charge in [0, 0.05) is 5.56 Å². The maximum Gasteiger partial charge on any atom is 0.243 e. The van der Waals surface area contributed by atoms with Gasteiger partial charge in [0.1, 0.15) is 17.7 Å². The Hall–Kier alpha value is -2.89. The zero-order valence-electron chi connectivity index (χ0n) is 14.8. The summed E-state index contributed by atoms with van der Waals surface area (Å²) in [5, 5.41) is 2.60. The number of carbonyl (C=O) groups is 2. The summed E-state index contributed by atoms with van der Waals surface area (Å²) < 4.78 is 19.7. The number of benzene rings is 2. The van der Waals surface area contributed by atoms with Crippen LogP contribution in [-0.2, 0) is 4.79 Å². The van der Waals surface area contributed by atoms with Crippen molar-refractivity contribution in [2.75, 3.05) is 23.3 Å². The molecule has 0 aromatic heterocycles. The quantitative estimate of drug-likeness (QED) is 0.831. The first kappa shape index (κ1) is 17.9. The summed E-state index contributed by atoms with van der Waals surface area (Å²) in [5.74, 6) is -0.215. The standard InChI is InChI=1S/C20H21FN2O3/c1-3-15-11-23(12-20(25)22-17-7-5-4-6-16(17)21)18-10-14(13(2)24)8-9-19(18)26-15/h4-10,15H,3,11-12H2,1-2H3,(H,22,25). The van der Waals surface area contributed by atoms with E-state index in [1.54, 1.807) is 30.3 Å². The molecule has 1 aliphatic heterocycles. The van der Waals surface area contributed by atoms with Crippen LogP contribution in [0.25, 0.3) is 0 Å². The van der Waals surface area contributed by atoms with E-state index >= 15 is 0 Å². The number of anilines is 2. The Kier molecular flexibility index (Phi) is 5.21. The maximum absolute atomic E-state index is 13.7. The fraction of sp³-hybridized carbons (Fsp3) is 0.300. The number of ether oxygens (including phenoxy) is 1. The van der Waals surface area contributed by atoms with Crippen LogP contribution >= 0.6 is 0 Å². The van der Waals surface area contributed by atoms with Crippen LogP contribution in [0.5, 0.6) is 5.75 Å². The number of Topliss-reactive ketones (excluding diaryl/α,β-unsaturated/α-hetero) is 1. The maximum atomic E-state index is 13.7. The predicted octanol–water partition coefficient (Wildman–Crippen LogP) is 3.64. The third kappa shape index (κ3) is 3.85. The first-order chi connectivity index (χ1) is 12.5. The Labute approximate surface area is 151 Å². The monoisotopic (exact) mass is 356 g/mol. The molecule has 3 rings (SSSR count). The molecule has 1 aliphatic rings. The lowest BCUT2D eigenvalue weighted by molar-refractivity contribution is -0.115. The Morgan fingerprint density at radius 3 is 2.73 bits per heavy atom. The van der Waals surface area contributed by atoms with Crippen molar-refractivity contribution in [1.82, 2.24) is 0 Å². The molecule has 2 aromatic rings. The van der Waals surface area contributed by atoms with Crippen molar-refractivity contribution in [3.8, 4) is 5.75 Å². The molecule has 0 aliphatic carbocycles. The van der Waals surface area contributed by atoms with Gasteiger partial charge in [-0.3, -0.25) is 9.59 Å². The second kappa shape index (κ2) is 7.56. The van der Waals surface area contributed by atoms with Crippen LogP contribution in [-0.4, -0.2) is 30.9 Å². The highest BCUT2D eigenvalue weighted by Gasteiger charge is 2.27. The van der Waals surface area contributed by atoms with Crippen LogP contribution in [0, 0.1) is 5.82 Å². The molecule has 0 bridgehead atoms. The Morgan fingerprint density at radius 1 is 1.27 bits per heavy atom. The molecule has 1 heterocycles. The summed E-state index contributed by atoms with van der Waals surface area (Å²) in [5.41, 5.74) is 1.41. The second-order valence-electron chi connectivity index (χ2n) is 6.30. The fourth-order valence-electron chi connectivity index (χ4n) is 2.93. The minimum absolute atomic E-state index is 0.0442. The molecule has 0 fully saturated rings. The summed E-state index contributed by atoms with van der Waals surface area (Å²) in [6, 6.07) is 11.3. The van der Waals surface area contributed by atoms with Crippen LogP contribution in [0.15, 0.2) is 42.5 Å². The average Bonchev–Trinajstić information content (AvgIpc) is 2.63. The number of rotatable bonds is 5. The lowest BCUT2D eigenvalue weighted by atomic mass is 10.1. The number of ketones is 1. The lowest BCUT2D eigenvalue weighted by Gasteiger charge is -2.35. The van der Waals surface area contributed by atoms with Gasteiger partial charge in [0.05, 0.1) is 24.5 Å². The van der Waals surface area contributed by atoms with E-state index in [4.69, 9.17) is 4.74 Å². The van der Waals surface area contributed by atoms with Crippen LogP contribution < -0.4 is 15.0 Å². The van der Waals surface area contributed by atoms with Crippen LogP contribution in [0.3, 0.4) is 0 Å². The first-order valence-electron chi connectivity index (χ1n) is 8.59. The zero-order valence-corrected chi connectivity index (χ0v) is 14.8. The number of nitrogens with zero attached hydrogens (tertiary/aromatic N) is 1. The normalized spacial score (nSPS) is 15.8. The van der Waals surface area contributed by atoms with Crippen LogP contribution in [0.4, 0.5) is 15.8 Å². The third-order valence-corrected chi connectivity index (χ3v) is 4.36. The molecular formula is C20H21FN2O3. The van der Waals surface area contributed by atoms with Crippen molar-refractivity contribution in [3.63, 3.8) is 0 Å². The van der Waals surface area contributed by atoms with E-state index < -0.39 is 5.82 Å². The number of nitrogens with one attached hydrogen (secondary N) is 1. The molecule has 2 aromatic carbocycles. The number of hydrogen-bond donors (Lipinski definition) is 1. The van der Waals surface area contributed by atoms with E-state index in [1.165, 1.54) is 19.1 Å². The van der Waals surface area contributed by atoms with Gasteiger partial charge in [0.2, 0.25) is 5.91 Å². The van der Waals surface area contributed by atoms with Crippen molar-refractivity contribution in [2.24, 2.45) is 0 Å². The van der Waals surface area contributed by atoms with E-state index in [0.29, 0.717) is 23.5 Å². The molecule has 5 nitrogen and oxygen atoms in total. The largest absolute Gasteiger partial charge is 0.486 e. The van der Waals surface area contributed by atoms with Crippen molar-refractivity contribution >= 4 is 23.1 Å². The van der Waals surface area contributed by atoms with Gasteiger partial charge in [-0.25, -0.2) is 4.39 Å². The van der Waals surface area contributed by atoms with E-state index in [9.17, 15) is 14.0 Å². The molecule has 6 heteroatoms. The van der Waals surface area contributed by atoms with Gasteiger partial charge in [-0.2, -0.15) is 0 Å². The van der Waals surface area contributed by atoms with Crippen molar-refractivity contribution in [1.29, 1.82) is 0 Å². The van der Waals surface area contributed by atoms with Gasteiger partial charge in [-0.05, 0) is 43.7 Å². The number of fused-ring (bicyclic) bond motifs is 1. The summed E-state index contributed by atoms with van der Waals surface area (Å²) in [7, 11) is 0. The molecule has 0 spiro atoms. The molecule has 1 unspecified atom stereocenters. The van der Waals surface area contributed by atoms with Gasteiger partial charge >= 0.3 is 0 Å². The molecule has 26 heavy (non-hydrogen) atoms. The number of carbonyl (C=O) groups excluding carboxylic acids is 2. The van der Waals surface area contributed by atoms with E-state index in [2.05, 4.69) is 5.32 Å². The Bertz CT molecular complexity index is 838. The molecule has 1 N–H and O–H groups in total. The molecular weight excluding hydrogens is 335 g/mol. The minimum atomic E-state index is -0.478. The van der Waals surface area contributed by atoms with Gasteiger partial charge in [0.15, 0.2) is 5.78 Å². The number of amides is 1. The minimum Gasteiger partial charge on any atom is -0.486 e. The molecule has 0 radical (unpaired) electrons. The van der Waals surface area contributed by atoms with Gasteiger partial charge in [0.25, 0.3) is 0 Å². The van der Waals surface area contributed by atoms with Gasteiger partial charge in [-0.15, -0.1) is 0 Å². The van der Waals surface area contributed by atoms with E-state index in [1.807, 2.05) is 11.8 Å². The predicted molar refractivity (Wildman–Crippen MR) is 98.4 cm³/mol. The number of halogens is 1. The highest BCUT2D eigenvalue weighted by Crippen LogP contribution is 2.35. The molecule has 0 saturated heterocycles. The van der Waals surface area contributed by atoms with E-state index in [-0.39, 0.29) is 30.0 Å². The molecule has 1 amide bonds. The zero-order chi connectivity index (χ0) is 18.7. The topological polar surface area (TPSA) is 58.6 Å². The van der Waals surface area contributed by atoms with E-state index in [0.717, 1.165) is 6.42 Å². The summed E-state index contributed by atoms with van der Waals surface area (Å²) >= 11 is 0. The molecule has 136 valence electrons. The molecule has 1 atom stereocenters. The summed E-state index contributed by atoms with van der Waals surface area (Å²) in [4.78, 5) is 26.0. The van der Waals surface area contributed by atoms with Gasteiger partial charge < -0.3 is 15.0 Å². The van der Waals surface area contributed by atoms with Gasteiger partial charge in [-0.1, -0.05) is 19.1 Å². The summed E-state index contributed by atoms with van der Waals surface area (Å²) in [6.07, 6.45) is 0.742. The highest BCUT2D eigenvalue weighted by atomic mass is 19.1. The van der Waals surface area contributed by atoms with Crippen LogP contribution in [0.1, 0.15) is 30.6 Å². The fourth-order valence-corrected chi connectivity index (χ4v) is 2.93. The first-order valence-corrected chi connectivity index (χ1v) is 8.59. The Balaban J connectivity index is 1.82. The van der Waals surface area contributed by atoms with Crippen molar-refractivity contribution in [3.05, 3.63) is 53.8 Å². The van der Waals surface area contributed by atoms with Crippen molar-refractivity contribution in [2.45, 2.75) is 26.4 Å². The second-order valence-corrected chi connectivity index (χ2v) is 6.30. The summed E-state index contributed by atoms with van der Waals surface area (Å²) in [6.45, 7) is 4.07. The third-order valence-electron chi connectivity index (χ3n) is 4.36. The lowest BCUT2D eigenvalue weighted by Crippen LogP contribution is -2.43. The number of hydrogen-bond acceptors (Lipinski definition) is 4. The SMILES string of the molecule is CCC1CN(CC(=O)Nc2ccccc2F)c2cc(C(C)=O)ccc2O1. The average molecular weight is 356 g/mol. The highest BCUT2D eigenvalue weighted by molar-refractivity contribution is 5.97.